The predicted molar refractivity (Wildman–Crippen MR) is 170 cm³/mol. The molecule has 7 heteroatoms. The molecule has 0 saturated heterocycles. The summed E-state index contributed by atoms with van der Waals surface area (Å²) in [7, 11) is 0. The number of nitrogens with one attached hydrogen (secondary N) is 2. The van der Waals surface area contributed by atoms with Gasteiger partial charge in [0.15, 0.2) is 0 Å². The highest BCUT2D eigenvalue weighted by Crippen LogP contribution is 2.45. The fourth-order valence-electron chi connectivity index (χ4n) is 6.43. The fraction of sp³-hybridized carbons (Fsp3) is 0.297. The van der Waals surface area contributed by atoms with Gasteiger partial charge in [-0.2, -0.15) is 0 Å². The van der Waals surface area contributed by atoms with Gasteiger partial charge in [-0.1, -0.05) is 56.3 Å². The molecule has 224 valence electrons. The summed E-state index contributed by atoms with van der Waals surface area (Å²) in [4.78, 5) is 42.9. The summed E-state index contributed by atoms with van der Waals surface area (Å²) in [6, 6.07) is 16.1. The number of carbonyl (C=O) groups excluding carboxylic acids is 3. The van der Waals surface area contributed by atoms with Crippen LogP contribution in [0.15, 0.2) is 71.4 Å². The van der Waals surface area contributed by atoms with Crippen molar-refractivity contribution in [1.29, 1.82) is 0 Å². The SMILES string of the molecule is Cc1c(CNCc2ccc(CCNC(=O)/C=C/c3cccnc3)cc2)oc2c1C(=O)C(=O)c1c-2ccc2c1CCCC2(C)C. The Hall–Kier alpha value is -4.62. The molecule has 0 spiro atoms. The Morgan fingerprint density at radius 3 is 2.55 bits per heavy atom. The first-order valence-corrected chi connectivity index (χ1v) is 15.3. The topological polar surface area (TPSA) is 101 Å². The van der Waals surface area contributed by atoms with Crippen LogP contribution in [-0.2, 0) is 36.1 Å². The van der Waals surface area contributed by atoms with Crippen LogP contribution < -0.4 is 10.6 Å². The van der Waals surface area contributed by atoms with Crippen LogP contribution in [0.5, 0.6) is 0 Å². The Balaban J connectivity index is 1.06. The number of amides is 1. The van der Waals surface area contributed by atoms with Crippen molar-refractivity contribution in [3.63, 3.8) is 0 Å². The van der Waals surface area contributed by atoms with E-state index in [4.69, 9.17) is 4.42 Å². The number of nitrogens with zero attached hydrogens (tertiary/aromatic N) is 1. The molecule has 2 heterocycles. The van der Waals surface area contributed by atoms with E-state index in [1.165, 1.54) is 11.6 Å². The fourth-order valence-corrected chi connectivity index (χ4v) is 6.43. The lowest BCUT2D eigenvalue weighted by molar-refractivity contribution is -0.116. The van der Waals surface area contributed by atoms with Gasteiger partial charge in [0, 0.05) is 48.2 Å². The van der Waals surface area contributed by atoms with E-state index in [1.54, 1.807) is 18.5 Å². The van der Waals surface area contributed by atoms with Crippen molar-refractivity contribution in [3.8, 4) is 11.3 Å². The van der Waals surface area contributed by atoms with Crippen molar-refractivity contribution in [2.24, 2.45) is 0 Å². The molecule has 2 aliphatic carbocycles. The lowest BCUT2D eigenvalue weighted by Crippen LogP contribution is -2.29. The summed E-state index contributed by atoms with van der Waals surface area (Å²) in [5.41, 5.74) is 7.69. The zero-order valence-electron chi connectivity index (χ0n) is 25.5. The molecule has 7 nitrogen and oxygen atoms in total. The zero-order valence-corrected chi connectivity index (χ0v) is 25.5. The van der Waals surface area contributed by atoms with Gasteiger partial charge in [0.05, 0.1) is 12.1 Å². The van der Waals surface area contributed by atoms with E-state index in [9.17, 15) is 14.4 Å². The molecule has 0 radical (unpaired) electrons. The Morgan fingerprint density at radius 2 is 1.77 bits per heavy atom. The van der Waals surface area contributed by atoms with Gasteiger partial charge >= 0.3 is 0 Å². The number of carbonyl (C=O) groups is 3. The number of pyridine rings is 1. The van der Waals surface area contributed by atoms with E-state index in [2.05, 4.69) is 59.8 Å². The molecule has 2 aromatic heterocycles. The second-order valence-corrected chi connectivity index (χ2v) is 12.3. The van der Waals surface area contributed by atoms with E-state index in [0.29, 0.717) is 42.3 Å². The largest absolute Gasteiger partial charge is 0.459 e. The lowest BCUT2D eigenvalue weighted by Gasteiger charge is -2.34. The monoisotopic (exact) mass is 587 g/mol. The summed E-state index contributed by atoms with van der Waals surface area (Å²) in [6.45, 7) is 7.87. The number of rotatable bonds is 9. The number of Topliss-reactive ketones (excluding diaryl/α,β-unsaturated/α-hetero) is 2. The first-order valence-electron chi connectivity index (χ1n) is 15.3. The van der Waals surface area contributed by atoms with Crippen LogP contribution in [0.1, 0.15) is 86.5 Å². The maximum absolute atomic E-state index is 13.4. The van der Waals surface area contributed by atoms with E-state index in [1.807, 2.05) is 25.1 Å². The van der Waals surface area contributed by atoms with Crippen molar-refractivity contribution in [2.45, 2.75) is 65.0 Å². The average Bonchev–Trinajstić information content (AvgIpc) is 3.35. The van der Waals surface area contributed by atoms with Gasteiger partial charge in [-0.15, -0.1) is 0 Å². The molecule has 2 aromatic carbocycles. The Labute approximate surface area is 257 Å². The highest BCUT2D eigenvalue weighted by molar-refractivity contribution is 6.53. The highest BCUT2D eigenvalue weighted by atomic mass is 16.3. The maximum Gasteiger partial charge on any atom is 0.244 e. The van der Waals surface area contributed by atoms with Crippen LogP contribution >= 0.6 is 0 Å². The minimum atomic E-state index is -0.465. The third-order valence-corrected chi connectivity index (χ3v) is 8.88. The van der Waals surface area contributed by atoms with Crippen LogP contribution in [-0.4, -0.2) is 29.0 Å². The molecule has 0 aliphatic heterocycles. The summed E-state index contributed by atoms with van der Waals surface area (Å²) in [5, 5.41) is 6.34. The van der Waals surface area contributed by atoms with Gasteiger partial charge in [0.25, 0.3) is 0 Å². The number of fused-ring (bicyclic) bond motifs is 5. The lowest BCUT2D eigenvalue weighted by atomic mass is 9.69. The van der Waals surface area contributed by atoms with Gasteiger partial charge in [0.2, 0.25) is 17.5 Å². The van der Waals surface area contributed by atoms with Crippen LogP contribution in [0.3, 0.4) is 0 Å². The third kappa shape index (κ3) is 5.80. The molecular formula is C37H37N3O4. The van der Waals surface area contributed by atoms with Crippen molar-refractivity contribution in [3.05, 3.63) is 117 Å². The quantitative estimate of drug-likeness (QED) is 0.176. The molecule has 6 rings (SSSR count). The molecule has 2 N–H and O–H groups in total. The molecule has 0 fully saturated rings. The summed E-state index contributed by atoms with van der Waals surface area (Å²) in [5.74, 6) is 0.183. The molecule has 0 unspecified atom stereocenters. The van der Waals surface area contributed by atoms with E-state index in [-0.39, 0.29) is 11.3 Å². The summed E-state index contributed by atoms with van der Waals surface area (Å²) in [6.07, 6.45) is 10.3. The Kier molecular flexibility index (Phi) is 8.15. The molecule has 44 heavy (non-hydrogen) atoms. The van der Waals surface area contributed by atoms with E-state index < -0.39 is 11.6 Å². The number of aromatic nitrogens is 1. The third-order valence-electron chi connectivity index (χ3n) is 8.88. The molecule has 0 atom stereocenters. The normalized spacial score (nSPS) is 15.2. The Bertz CT molecular complexity index is 1760. The molecule has 0 saturated carbocycles. The van der Waals surface area contributed by atoms with Gasteiger partial charge in [-0.25, -0.2) is 0 Å². The highest BCUT2D eigenvalue weighted by Gasteiger charge is 2.40. The number of benzene rings is 2. The molecule has 0 bridgehead atoms. The van der Waals surface area contributed by atoms with Crippen molar-refractivity contribution >= 4 is 23.5 Å². The minimum Gasteiger partial charge on any atom is -0.459 e. The van der Waals surface area contributed by atoms with Crippen LogP contribution in [0.25, 0.3) is 17.4 Å². The number of furan rings is 1. The summed E-state index contributed by atoms with van der Waals surface area (Å²) >= 11 is 0. The molecule has 2 aliphatic rings. The Morgan fingerprint density at radius 1 is 1.00 bits per heavy atom. The molecular weight excluding hydrogens is 550 g/mol. The number of hydrogen-bond acceptors (Lipinski definition) is 6. The average molecular weight is 588 g/mol. The number of ketones is 2. The van der Waals surface area contributed by atoms with Crippen LogP contribution in [0.2, 0.25) is 0 Å². The molecule has 4 aromatic rings. The van der Waals surface area contributed by atoms with E-state index in [0.717, 1.165) is 59.1 Å². The predicted octanol–water partition coefficient (Wildman–Crippen LogP) is 6.30. The smallest absolute Gasteiger partial charge is 0.244 e. The van der Waals surface area contributed by atoms with Gasteiger partial charge in [-0.3, -0.25) is 19.4 Å². The van der Waals surface area contributed by atoms with Crippen molar-refractivity contribution < 1.29 is 18.8 Å². The van der Waals surface area contributed by atoms with Gasteiger partial charge in [-0.05, 0) is 78.0 Å². The summed E-state index contributed by atoms with van der Waals surface area (Å²) < 4.78 is 6.31. The van der Waals surface area contributed by atoms with Crippen molar-refractivity contribution in [1.82, 2.24) is 15.6 Å². The van der Waals surface area contributed by atoms with Crippen LogP contribution in [0, 0.1) is 6.92 Å². The first kappa shape index (κ1) is 29.5. The first-order chi connectivity index (χ1) is 21.2. The van der Waals surface area contributed by atoms with Gasteiger partial charge in [0.1, 0.15) is 11.5 Å². The second kappa shape index (κ2) is 12.2. The standard InChI is InChI=1S/C37H37N3O4/c1-23-30(44-36-28-13-14-29-27(7-4-17-37(29,2)3)33(28)35(43)34(42)32(23)36)22-39-21-26-10-8-24(9-11-26)16-19-40-31(41)15-12-25-6-5-18-38-20-25/h5-6,8-15,18,20,39H,4,7,16-17,19,21-22H2,1-3H3,(H,40,41)/b15-12+. The zero-order chi connectivity index (χ0) is 30.8. The van der Waals surface area contributed by atoms with E-state index >= 15 is 0 Å². The number of hydrogen-bond donors (Lipinski definition) is 2. The maximum atomic E-state index is 13.4. The minimum absolute atomic E-state index is 0.0208. The van der Waals surface area contributed by atoms with Crippen molar-refractivity contribution in [2.75, 3.05) is 6.54 Å². The van der Waals surface area contributed by atoms with Crippen LogP contribution in [0.4, 0.5) is 0 Å². The van der Waals surface area contributed by atoms with Gasteiger partial charge < -0.3 is 15.1 Å². The molecule has 1 amide bonds. The second-order valence-electron chi connectivity index (χ2n) is 12.3.